The van der Waals surface area contributed by atoms with E-state index in [0.29, 0.717) is 12.1 Å². The second-order valence-corrected chi connectivity index (χ2v) is 2.84. The first-order valence-electron chi connectivity index (χ1n) is 3.91. The van der Waals surface area contributed by atoms with Gasteiger partial charge in [-0.1, -0.05) is 0 Å². The van der Waals surface area contributed by atoms with Crippen molar-refractivity contribution < 1.29 is 34.8 Å². The maximum atomic E-state index is 10.6. The zero-order chi connectivity index (χ0) is 12.5. The summed E-state index contributed by atoms with van der Waals surface area (Å²) < 4.78 is 0. The number of carboxylic acid groups (broad SMARTS) is 3. The van der Waals surface area contributed by atoms with Gasteiger partial charge in [-0.3, -0.25) is 0 Å². The molecule has 1 aromatic rings. The molecule has 0 bridgehead atoms. The molecule has 0 aliphatic heterocycles. The molecule has 0 aromatic heterocycles. The van der Waals surface area contributed by atoms with E-state index in [4.69, 9.17) is 15.3 Å². The summed E-state index contributed by atoms with van der Waals surface area (Å²) in [5.74, 6) is -5.67. The summed E-state index contributed by atoms with van der Waals surface area (Å²) >= 11 is 0. The number of hydrogen-bond donors (Lipinski definition) is 4. The minimum absolute atomic E-state index is 0. The third-order valence-corrected chi connectivity index (χ3v) is 1.82. The van der Waals surface area contributed by atoms with E-state index in [9.17, 15) is 19.5 Å². The summed E-state index contributed by atoms with van der Waals surface area (Å²) in [6.07, 6.45) is 0. The second kappa shape index (κ2) is 5.85. The topological polar surface area (TPSA) is 132 Å². The van der Waals surface area contributed by atoms with Crippen LogP contribution in [0.2, 0.25) is 0 Å². The average molecular weight is 266 g/mol. The molecule has 86 valence electrons. The summed E-state index contributed by atoms with van der Waals surface area (Å²) in [4.78, 5) is 31.8. The summed E-state index contributed by atoms with van der Waals surface area (Å²) in [7, 11) is 0. The molecule has 0 atom stereocenters. The smallest absolute Gasteiger partial charge is 0.339 e. The first kappa shape index (κ1) is 15.7. The molecule has 0 amide bonds. The third kappa shape index (κ3) is 3.32. The Morgan fingerprint density at radius 2 is 1.18 bits per heavy atom. The summed E-state index contributed by atoms with van der Waals surface area (Å²) in [6.45, 7) is 0. The van der Waals surface area contributed by atoms with Crippen LogP contribution in [0.5, 0.6) is 5.75 Å². The van der Waals surface area contributed by atoms with Gasteiger partial charge < -0.3 is 20.4 Å². The van der Waals surface area contributed by atoms with Crippen molar-refractivity contribution in [1.82, 2.24) is 0 Å². The van der Waals surface area contributed by atoms with Crippen LogP contribution in [-0.4, -0.2) is 76.1 Å². The number of carboxylic acids is 3. The fourth-order valence-corrected chi connectivity index (χ4v) is 1.08. The van der Waals surface area contributed by atoms with E-state index in [1.165, 1.54) is 0 Å². The first-order chi connectivity index (χ1) is 7.34. The first-order valence-corrected chi connectivity index (χ1v) is 3.91. The Balaban J connectivity index is 0.00000256. The van der Waals surface area contributed by atoms with Crippen LogP contribution in [0.3, 0.4) is 0 Å². The largest absolute Gasteiger partial charge is 0.506 e. The molecule has 0 saturated carbocycles. The minimum atomic E-state index is -1.61. The number of carbonyl (C=O) groups is 3. The van der Waals surface area contributed by atoms with Crippen molar-refractivity contribution in [3.8, 4) is 5.75 Å². The Bertz CT molecular complexity index is 459. The Hall–Kier alpha value is -1.31. The summed E-state index contributed by atoms with van der Waals surface area (Å²) in [5, 5.41) is 35.2. The van der Waals surface area contributed by atoms with E-state index in [0.717, 1.165) is 0 Å². The van der Waals surface area contributed by atoms with Gasteiger partial charge in [0.2, 0.25) is 0 Å². The summed E-state index contributed by atoms with van der Waals surface area (Å²) in [5.41, 5.74) is -2.05. The maximum Gasteiger partial charge on any atom is 0.339 e. The number of hydrogen-bond acceptors (Lipinski definition) is 4. The Labute approximate surface area is 124 Å². The zero-order valence-electron chi connectivity index (χ0n) is 8.38. The monoisotopic (exact) mass is 266 g/mol. The number of benzene rings is 1. The van der Waals surface area contributed by atoms with Crippen LogP contribution < -0.4 is 0 Å². The van der Waals surface area contributed by atoms with E-state index in [1.807, 2.05) is 0 Å². The number of aromatic hydroxyl groups is 1. The molecule has 0 fully saturated rings. The molecule has 17 heavy (non-hydrogen) atoms. The van der Waals surface area contributed by atoms with Crippen LogP contribution in [0.4, 0.5) is 0 Å². The molecule has 1 rings (SSSR count). The van der Waals surface area contributed by atoms with Crippen molar-refractivity contribution in [3.05, 3.63) is 28.8 Å². The SMILES string of the molecule is O=C(O)c1cc(C(=O)O)c(O)c(C(=O)O)c1.[Ca]. The number of phenols is 1. The molecular formula is C9H6CaO7. The molecule has 7 nitrogen and oxygen atoms in total. The second-order valence-electron chi connectivity index (χ2n) is 2.84. The fourth-order valence-electron chi connectivity index (χ4n) is 1.08. The van der Waals surface area contributed by atoms with E-state index >= 15 is 0 Å². The molecule has 0 aliphatic carbocycles. The van der Waals surface area contributed by atoms with Gasteiger partial charge in [0.05, 0.1) is 5.56 Å². The van der Waals surface area contributed by atoms with Crippen molar-refractivity contribution in [2.75, 3.05) is 0 Å². The van der Waals surface area contributed by atoms with Gasteiger partial charge in [-0.2, -0.15) is 0 Å². The van der Waals surface area contributed by atoms with E-state index in [-0.39, 0.29) is 37.7 Å². The van der Waals surface area contributed by atoms with Gasteiger partial charge in [0, 0.05) is 37.7 Å². The van der Waals surface area contributed by atoms with Crippen molar-refractivity contribution in [2.24, 2.45) is 0 Å². The van der Waals surface area contributed by atoms with Crippen LogP contribution in [0.15, 0.2) is 12.1 Å². The van der Waals surface area contributed by atoms with E-state index < -0.39 is 40.3 Å². The molecule has 0 spiro atoms. The number of rotatable bonds is 3. The van der Waals surface area contributed by atoms with Crippen LogP contribution in [0.25, 0.3) is 0 Å². The molecule has 2 radical (unpaired) electrons. The maximum absolute atomic E-state index is 10.6. The summed E-state index contributed by atoms with van der Waals surface area (Å²) in [6, 6.07) is 1.37. The van der Waals surface area contributed by atoms with Crippen LogP contribution in [0.1, 0.15) is 31.1 Å². The van der Waals surface area contributed by atoms with Gasteiger partial charge in [-0.15, -0.1) is 0 Å². The Morgan fingerprint density at radius 1 is 0.824 bits per heavy atom. The van der Waals surface area contributed by atoms with Crippen LogP contribution in [-0.2, 0) is 0 Å². The molecule has 0 aliphatic rings. The van der Waals surface area contributed by atoms with Crippen LogP contribution in [0, 0.1) is 0 Å². The predicted octanol–water partition coefficient (Wildman–Crippen LogP) is 0.106. The van der Waals surface area contributed by atoms with E-state index in [1.54, 1.807) is 0 Å². The minimum Gasteiger partial charge on any atom is -0.506 e. The number of aromatic carboxylic acids is 3. The normalized spacial score (nSPS) is 9.18. The third-order valence-electron chi connectivity index (χ3n) is 1.82. The van der Waals surface area contributed by atoms with Gasteiger partial charge in [-0.25, -0.2) is 14.4 Å². The zero-order valence-corrected chi connectivity index (χ0v) is 10.6. The molecule has 4 N–H and O–H groups in total. The molecule has 0 saturated heterocycles. The van der Waals surface area contributed by atoms with E-state index in [2.05, 4.69) is 0 Å². The van der Waals surface area contributed by atoms with Crippen molar-refractivity contribution >= 4 is 55.6 Å². The predicted molar refractivity (Wildman–Crippen MR) is 54.7 cm³/mol. The van der Waals surface area contributed by atoms with Gasteiger partial charge >= 0.3 is 17.9 Å². The van der Waals surface area contributed by atoms with Crippen molar-refractivity contribution in [1.29, 1.82) is 0 Å². The van der Waals surface area contributed by atoms with Gasteiger partial charge in [0.25, 0.3) is 0 Å². The van der Waals surface area contributed by atoms with Gasteiger partial charge in [-0.05, 0) is 12.1 Å². The van der Waals surface area contributed by atoms with Gasteiger partial charge in [0.15, 0.2) is 0 Å². The van der Waals surface area contributed by atoms with Crippen molar-refractivity contribution in [3.63, 3.8) is 0 Å². The fraction of sp³-hybridized carbons (Fsp3) is 0. The van der Waals surface area contributed by atoms with Gasteiger partial charge in [0.1, 0.15) is 16.9 Å². The molecule has 0 heterocycles. The quantitative estimate of drug-likeness (QED) is 0.570. The van der Waals surface area contributed by atoms with Crippen LogP contribution >= 0.6 is 0 Å². The Kier molecular flexibility index (Phi) is 5.40. The molecule has 1 aromatic carbocycles. The standard InChI is InChI=1S/C9H6O7.Ca/c10-6-4(8(13)14)1-3(7(11)12)2-5(6)9(15)16;/h1-2,10H,(H,11,12)(H,13,14)(H,15,16);. The average Bonchev–Trinajstić information content (AvgIpc) is 2.16. The van der Waals surface area contributed by atoms with Crippen molar-refractivity contribution in [2.45, 2.75) is 0 Å². The molecule has 8 heteroatoms. The Morgan fingerprint density at radius 3 is 1.41 bits per heavy atom. The molecule has 0 unspecified atom stereocenters. The molecular weight excluding hydrogens is 260 g/mol.